The van der Waals surface area contributed by atoms with Crippen molar-refractivity contribution < 1.29 is 23.9 Å². The number of ketones is 1. The normalized spacial score (nSPS) is 23.1. The van der Waals surface area contributed by atoms with Gasteiger partial charge in [-0.3, -0.25) is 19.3 Å². The minimum absolute atomic E-state index is 0.0818. The van der Waals surface area contributed by atoms with Crippen LogP contribution in [-0.2, 0) is 14.3 Å². The molecule has 2 saturated carbocycles. The molecule has 2 aliphatic carbocycles. The van der Waals surface area contributed by atoms with E-state index in [1.807, 2.05) is 31.2 Å². The number of halogens is 1. The summed E-state index contributed by atoms with van der Waals surface area (Å²) in [5.41, 5.74) is 4.01. The van der Waals surface area contributed by atoms with E-state index in [0.717, 1.165) is 24.8 Å². The summed E-state index contributed by atoms with van der Waals surface area (Å²) >= 11 is 5.95. The van der Waals surface area contributed by atoms with Crippen LogP contribution in [0.1, 0.15) is 52.5 Å². The molecule has 7 nitrogen and oxygen atoms in total. The van der Waals surface area contributed by atoms with Gasteiger partial charge >= 0.3 is 5.97 Å². The maximum absolute atomic E-state index is 13.5. The number of fused-ring (bicyclic) bond motifs is 6. The molecule has 1 saturated heterocycles. The van der Waals surface area contributed by atoms with Gasteiger partial charge in [0.1, 0.15) is 0 Å². The van der Waals surface area contributed by atoms with Gasteiger partial charge in [-0.25, -0.2) is 9.78 Å². The average molecular weight is 593 g/mol. The van der Waals surface area contributed by atoms with Gasteiger partial charge in [-0.1, -0.05) is 41.9 Å². The Labute approximate surface area is 253 Å². The Kier molecular flexibility index (Phi) is 6.66. The molecule has 2 amide bonds. The number of pyridine rings is 1. The van der Waals surface area contributed by atoms with E-state index in [4.69, 9.17) is 21.3 Å². The highest BCUT2D eigenvalue weighted by Gasteiger charge is 2.61. The van der Waals surface area contributed by atoms with Crippen LogP contribution < -0.4 is 4.90 Å². The van der Waals surface area contributed by atoms with Crippen molar-refractivity contribution in [1.29, 1.82) is 0 Å². The maximum Gasteiger partial charge on any atom is 0.339 e. The molecule has 1 aromatic heterocycles. The first-order valence-corrected chi connectivity index (χ1v) is 15.0. The fraction of sp³-hybridized carbons (Fsp3) is 0.286. The van der Waals surface area contributed by atoms with E-state index in [2.05, 4.69) is 0 Å². The molecule has 8 heteroatoms. The number of amides is 2. The molecule has 1 aliphatic heterocycles. The van der Waals surface area contributed by atoms with Crippen molar-refractivity contribution in [2.75, 3.05) is 4.90 Å². The molecular formula is C35H29ClN2O5. The number of para-hydroxylation sites is 1. The van der Waals surface area contributed by atoms with Crippen LogP contribution in [-0.4, -0.2) is 34.7 Å². The number of ether oxygens (including phenoxy) is 1. The molecule has 3 aromatic carbocycles. The number of esters is 1. The van der Waals surface area contributed by atoms with Crippen molar-refractivity contribution in [3.05, 3.63) is 94.5 Å². The number of hydrogen-bond acceptors (Lipinski definition) is 6. The van der Waals surface area contributed by atoms with Gasteiger partial charge < -0.3 is 4.74 Å². The molecule has 2 bridgehead atoms. The van der Waals surface area contributed by atoms with Crippen molar-refractivity contribution in [1.82, 2.24) is 4.98 Å². The van der Waals surface area contributed by atoms with E-state index < -0.39 is 12.1 Å². The zero-order valence-electron chi connectivity index (χ0n) is 23.7. The third kappa shape index (κ3) is 4.54. The van der Waals surface area contributed by atoms with Gasteiger partial charge in [-0.05, 0) is 93.0 Å². The lowest BCUT2D eigenvalue weighted by atomic mass is 9.81. The van der Waals surface area contributed by atoms with Crippen LogP contribution in [0.15, 0.2) is 72.8 Å². The van der Waals surface area contributed by atoms with E-state index >= 15 is 0 Å². The minimum atomic E-state index is -1.02. The highest BCUT2D eigenvalue weighted by molar-refractivity contribution is 6.30. The molecule has 3 aliphatic rings. The highest BCUT2D eigenvalue weighted by Crippen LogP contribution is 2.56. The molecule has 3 fully saturated rings. The Bertz CT molecular complexity index is 1790. The first-order valence-electron chi connectivity index (χ1n) is 14.6. The third-order valence-corrected chi connectivity index (χ3v) is 9.64. The largest absolute Gasteiger partial charge is 0.451 e. The van der Waals surface area contributed by atoms with Crippen molar-refractivity contribution >= 4 is 51.8 Å². The molecule has 0 N–H and O–H groups in total. The molecule has 4 aromatic rings. The van der Waals surface area contributed by atoms with Crippen LogP contribution in [0.4, 0.5) is 5.69 Å². The Morgan fingerprint density at radius 2 is 1.58 bits per heavy atom. The number of nitrogens with zero attached hydrogens (tertiary/aromatic N) is 2. The van der Waals surface area contributed by atoms with Gasteiger partial charge in [0, 0.05) is 21.5 Å². The lowest BCUT2D eigenvalue weighted by Gasteiger charge is -2.19. The van der Waals surface area contributed by atoms with Crippen molar-refractivity contribution in [3.8, 4) is 11.3 Å². The van der Waals surface area contributed by atoms with E-state index in [-0.39, 0.29) is 35.0 Å². The molecular weight excluding hydrogens is 564 g/mol. The lowest BCUT2D eigenvalue weighted by molar-refractivity contribution is -0.123. The second kappa shape index (κ2) is 10.4. The van der Waals surface area contributed by atoms with Crippen LogP contribution in [0.5, 0.6) is 0 Å². The number of Topliss-reactive ketones (excluding diaryl/α,β-unsaturated/α-hetero) is 1. The van der Waals surface area contributed by atoms with Crippen molar-refractivity contribution in [3.63, 3.8) is 0 Å². The second-order valence-corrected chi connectivity index (χ2v) is 12.3. The van der Waals surface area contributed by atoms with Gasteiger partial charge in [0.2, 0.25) is 17.6 Å². The summed E-state index contributed by atoms with van der Waals surface area (Å²) in [5.74, 6) is -0.856. The minimum Gasteiger partial charge on any atom is -0.451 e. The number of anilines is 1. The van der Waals surface area contributed by atoms with E-state index in [9.17, 15) is 19.2 Å². The van der Waals surface area contributed by atoms with Gasteiger partial charge in [-0.15, -0.1) is 0 Å². The fourth-order valence-electron chi connectivity index (χ4n) is 7.28. The lowest BCUT2D eigenvalue weighted by Crippen LogP contribution is -2.32. The van der Waals surface area contributed by atoms with E-state index in [1.54, 1.807) is 55.5 Å². The summed E-state index contributed by atoms with van der Waals surface area (Å²) in [6.45, 7) is 3.46. The quantitative estimate of drug-likeness (QED) is 0.138. The first kappa shape index (κ1) is 27.5. The first-order chi connectivity index (χ1) is 20.7. The van der Waals surface area contributed by atoms with Gasteiger partial charge in [0.15, 0.2) is 6.10 Å². The van der Waals surface area contributed by atoms with Crippen LogP contribution in [0.2, 0.25) is 5.02 Å². The molecule has 0 radical (unpaired) electrons. The maximum atomic E-state index is 13.5. The van der Waals surface area contributed by atoms with E-state index in [1.165, 1.54) is 4.90 Å². The van der Waals surface area contributed by atoms with Crippen molar-refractivity contribution in [2.24, 2.45) is 23.7 Å². The average Bonchev–Trinajstić information content (AvgIpc) is 3.70. The predicted molar refractivity (Wildman–Crippen MR) is 163 cm³/mol. The fourth-order valence-corrected chi connectivity index (χ4v) is 7.41. The molecule has 7 rings (SSSR count). The van der Waals surface area contributed by atoms with Crippen LogP contribution in [0.25, 0.3) is 22.2 Å². The summed E-state index contributed by atoms with van der Waals surface area (Å²) in [6, 6.07) is 20.8. The SMILES string of the molecule is Cc1cccc2c(C(=O)OC(C)C(=O)c3ccc(Cl)cc3)cc(-c3ccc(N4C(=O)C5C6CCC(C6)C5C4=O)cc3)nc12. The Hall–Kier alpha value is -4.36. The Balaban J connectivity index is 1.18. The number of carbonyl (C=O) groups excluding carboxylic acids is 4. The number of hydrogen-bond donors (Lipinski definition) is 0. The number of rotatable bonds is 6. The van der Waals surface area contributed by atoms with Crippen LogP contribution in [0, 0.1) is 30.6 Å². The predicted octanol–water partition coefficient (Wildman–Crippen LogP) is 6.83. The highest BCUT2D eigenvalue weighted by atomic mass is 35.5. The summed E-state index contributed by atoms with van der Waals surface area (Å²) in [5, 5.41) is 1.12. The molecule has 216 valence electrons. The zero-order valence-corrected chi connectivity index (χ0v) is 24.5. The van der Waals surface area contributed by atoms with Gasteiger partial charge in [0.25, 0.3) is 0 Å². The summed E-state index contributed by atoms with van der Waals surface area (Å²) < 4.78 is 5.66. The molecule has 0 spiro atoms. The van der Waals surface area contributed by atoms with Crippen LogP contribution in [0.3, 0.4) is 0 Å². The van der Waals surface area contributed by atoms with Gasteiger partial charge in [0.05, 0.1) is 34.3 Å². The number of imide groups is 1. The van der Waals surface area contributed by atoms with E-state index in [0.29, 0.717) is 50.3 Å². The second-order valence-electron chi connectivity index (χ2n) is 11.9. The van der Waals surface area contributed by atoms with Gasteiger partial charge in [-0.2, -0.15) is 0 Å². The number of aromatic nitrogens is 1. The monoisotopic (exact) mass is 592 g/mol. The molecule has 2 heterocycles. The number of benzene rings is 3. The summed E-state index contributed by atoms with van der Waals surface area (Å²) in [4.78, 5) is 59.3. The number of aryl methyl sites for hydroxylation is 1. The van der Waals surface area contributed by atoms with Crippen molar-refractivity contribution in [2.45, 2.75) is 39.2 Å². The number of carbonyl (C=O) groups is 4. The third-order valence-electron chi connectivity index (χ3n) is 9.39. The Morgan fingerprint density at radius 1 is 0.930 bits per heavy atom. The topological polar surface area (TPSA) is 93.6 Å². The summed E-state index contributed by atoms with van der Waals surface area (Å²) in [6.07, 6.45) is 2.04. The molecule has 43 heavy (non-hydrogen) atoms. The standard InChI is InChI=1S/C35H29ClN2O5/c1-18-4-3-5-26-27(35(42)43-19(2)32(39)21-8-12-24(36)13-9-21)17-28(37-31(18)26)20-10-14-25(15-11-20)38-33(40)29-22-6-7-23(16-22)30(29)34(38)41/h3-5,8-15,17,19,22-23,29-30H,6-7,16H2,1-2H3. The molecule has 5 unspecified atom stereocenters. The zero-order chi connectivity index (χ0) is 30.0. The molecule has 5 atom stereocenters. The van der Waals surface area contributed by atoms with Crippen LogP contribution >= 0.6 is 11.6 Å². The smallest absolute Gasteiger partial charge is 0.339 e. The Morgan fingerprint density at radius 3 is 2.23 bits per heavy atom. The summed E-state index contributed by atoms with van der Waals surface area (Å²) in [7, 11) is 0.